The minimum Gasteiger partial charge on any atom is -0.385 e. The van der Waals surface area contributed by atoms with Crippen LogP contribution in [0.5, 0.6) is 0 Å². The number of halogens is 1. The van der Waals surface area contributed by atoms with Crippen LogP contribution >= 0.6 is 0 Å². The Morgan fingerprint density at radius 2 is 2.25 bits per heavy atom. The predicted molar refractivity (Wildman–Crippen MR) is 62.4 cm³/mol. The molecule has 0 fully saturated rings. The summed E-state index contributed by atoms with van der Waals surface area (Å²) in [5.74, 6) is 5.26. The van der Waals surface area contributed by atoms with Crippen molar-refractivity contribution in [2.45, 2.75) is 25.8 Å². The highest BCUT2D eigenvalue weighted by molar-refractivity contribution is 5.27. The van der Waals surface area contributed by atoms with Gasteiger partial charge in [0.15, 0.2) is 0 Å². The molecule has 0 bridgehead atoms. The summed E-state index contributed by atoms with van der Waals surface area (Å²) in [5, 5.41) is 0. The number of benzene rings is 1. The molecule has 16 heavy (non-hydrogen) atoms. The average Bonchev–Trinajstić information content (AvgIpc) is 2.27. The number of rotatable bonds is 6. The molecule has 90 valence electrons. The molecule has 0 radical (unpaired) electrons. The molecule has 0 aliphatic carbocycles. The van der Waals surface area contributed by atoms with Crippen molar-refractivity contribution in [3.63, 3.8) is 0 Å². The second-order valence-corrected chi connectivity index (χ2v) is 3.92. The zero-order valence-corrected chi connectivity index (χ0v) is 9.79. The monoisotopic (exact) mass is 226 g/mol. The third-order valence-corrected chi connectivity index (χ3v) is 2.68. The van der Waals surface area contributed by atoms with Gasteiger partial charge in [-0.2, -0.15) is 0 Å². The molecule has 3 nitrogen and oxygen atoms in total. The number of nitrogens with one attached hydrogen (secondary N) is 1. The second-order valence-electron chi connectivity index (χ2n) is 3.92. The van der Waals surface area contributed by atoms with Gasteiger partial charge in [-0.3, -0.25) is 11.3 Å². The third-order valence-electron chi connectivity index (χ3n) is 2.68. The summed E-state index contributed by atoms with van der Waals surface area (Å²) < 4.78 is 17.9. The topological polar surface area (TPSA) is 47.3 Å². The molecule has 0 saturated heterocycles. The van der Waals surface area contributed by atoms with Crippen LogP contribution in [0.25, 0.3) is 0 Å². The Hall–Kier alpha value is -0.970. The highest BCUT2D eigenvalue weighted by atomic mass is 19.1. The molecule has 1 atom stereocenters. The van der Waals surface area contributed by atoms with Crippen LogP contribution in [0.3, 0.4) is 0 Å². The first-order valence-electron chi connectivity index (χ1n) is 5.37. The molecule has 1 rings (SSSR count). The van der Waals surface area contributed by atoms with Gasteiger partial charge in [-0.15, -0.1) is 0 Å². The van der Waals surface area contributed by atoms with Crippen LogP contribution in [-0.4, -0.2) is 19.8 Å². The van der Waals surface area contributed by atoms with Gasteiger partial charge in [0, 0.05) is 19.8 Å². The third kappa shape index (κ3) is 3.89. The van der Waals surface area contributed by atoms with Crippen molar-refractivity contribution in [3.05, 3.63) is 35.1 Å². The van der Waals surface area contributed by atoms with Crippen molar-refractivity contribution in [2.24, 2.45) is 5.84 Å². The number of nitrogens with two attached hydrogens (primary N) is 1. The Kier molecular flexibility index (Phi) is 5.38. The highest BCUT2D eigenvalue weighted by Crippen LogP contribution is 2.13. The zero-order valence-electron chi connectivity index (χ0n) is 9.79. The van der Waals surface area contributed by atoms with Crippen molar-refractivity contribution < 1.29 is 9.13 Å². The molecule has 0 aliphatic heterocycles. The van der Waals surface area contributed by atoms with Crippen LogP contribution in [0.2, 0.25) is 0 Å². The van der Waals surface area contributed by atoms with E-state index in [2.05, 4.69) is 5.43 Å². The Labute approximate surface area is 95.8 Å². The van der Waals surface area contributed by atoms with Gasteiger partial charge in [0.25, 0.3) is 0 Å². The van der Waals surface area contributed by atoms with E-state index in [0.717, 1.165) is 24.0 Å². The van der Waals surface area contributed by atoms with E-state index in [4.69, 9.17) is 10.6 Å². The first kappa shape index (κ1) is 13.1. The van der Waals surface area contributed by atoms with Crippen LogP contribution in [0.4, 0.5) is 4.39 Å². The lowest BCUT2D eigenvalue weighted by Gasteiger charge is -2.16. The Morgan fingerprint density at radius 3 is 2.81 bits per heavy atom. The fourth-order valence-electron chi connectivity index (χ4n) is 1.66. The number of ether oxygens (including phenoxy) is 1. The van der Waals surface area contributed by atoms with E-state index in [1.165, 1.54) is 6.07 Å². The van der Waals surface area contributed by atoms with E-state index in [-0.39, 0.29) is 11.9 Å². The van der Waals surface area contributed by atoms with E-state index >= 15 is 0 Å². The minimum absolute atomic E-state index is 0.157. The second kappa shape index (κ2) is 6.58. The van der Waals surface area contributed by atoms with Gasteiger partial charge in [-0.25, -0.2) is 4.39 Å². The summed E-state index contributed by atoms with van der Waals surface area (Å²) >= 11 is 0. The lowest BCUT2D eigenvalue weighted by atomic mass is 10.00. The van der Waals surface area contributed by atoms with Crippen LogP contribution in [0, 0.1) is 12.7 Å². The summed E-state index contributed by atoms with van der Waals surface area (Å²) in [7, 11) is 1.66. The van der Waals surface area contributed by atoms with Crippen molar-refractivity contribution in [1.29, 1.82) is 0 Å². The van der Waals surface area contributed by atoms with Crippen molar-refractivity contribution in [3.8, 4) is 0 Å². The SMILES string of the molecule is COCCC(Cc1ccc(F)cc1C)NN. The fourth-order valence-corrected chi connectivity index (χ4v) is 1.66. The Balaban J connectivity index is 2.62. The lowest BCUT2D eigenvalue weighted by molar-refractivity contribution is 0.182. The van der Waals surface area contributed by atoms with Gasteiger partial charge < -0.3 is 4.74 Å². The predicted octanol–water partition coefficient (Wildman–Crippen LogP) is 1.55. The van der Waals surface area contributed by atoms with Gasteiger partial charge in [-0.05, 0) is 43.0 Å². The van der Waals surface area contributed by atoms with Crippen LogP contribution in [0.1, 0.15) is 17.5 Å². The molecule has 1 aromatic carbocycles. The molecule has 0 saturated carbocycles. The van der Waals surface area contributed by atoms with Crippen LogP contribution in [0.15, 0.2) is 18.2 Å². The largest absolute Gasteiger partial charge is 0.385 e. The number of methoxy groups -OCH3 is 1. The highest BCUT2D eigenvalue weighted by Gasteiger charge is 2.09. The smallest absolute Gasteiger partial charge is 0.123 e. The summed E-state index contributed by atoms with van der Waals surface area (Å²) in [5.41, 5.74) is 4.82. The van der Waals surface area contributed by atoms with Gasteiger partial charge in [0.2, 0.25) is 0 Å². The molecule has 3 N–H and O–H groups in total. The summed E-state index contributed by atoms with van der Waals surface area (Å²) in [6.45, 7) is 2.57. The van der Waals surface area contributed by atoms with Gasteiger partial charge in [0.05, 0.1) is 0 Å². The van der Waals surface area contributed by atoms with E-state index in [0.29, 0.717) is 6.61 Å². The van der Waals surface area contributed by atoms with Gasteiger partial charge in [-0.1, -0.05) is 6.07 Å². The van der Waals surface area contributed by atoms with Crippen molar-refractivity contribution >= 4 is 0 Å². The van der Waals surface area contributed by atoms with Gasteiger partial charge >= 0.3 is 0 Å². The molecule has 0 amide bonds. The standard InChI is InChI=1S/C12H19FN2O/c1-9-7-11(13)4-3-10(9)8-12(15-14)5-6-16-2/h3-4,7,12,15H,5-6,8,14H2,1-2H3. The average molecular weight is 226 g/mol. The number of hydrazine groups is 1. The molecule has 0 aromatic heterocycles. The first-order valence-corrected chi connectivity index (χ1v) is 5.37. The summed E-state index contributed by atoms with van der Waals surface area (Å²) in [4.78, 5) is 0. The molecular weight excluding hydrogens is 207 g/mol. The number of aryl methyl sites for hydroxylation is 1. The van der Waals surface area contributed by atoms with Gasteiger partial charge in [0.1, 0.15) is 5.82 Å². The van der Waals surface area contributed by atoms with E-state index in [1.54, 1.807) is 13.2 Å². The quantitative estimate of drug-likeness (QED) is 0.571. The maximum atomic E-state index is 12.9. The minimum atomic E-state index is -0.199. The molecule has 0 heterocycles. The van der Waals surface area contributed by atoms with Crippen LogP contribution < -0.4 is 11.3 Å². The molecule has 0 aliphatic rings. The molecule has 1 aromatic rings. The Bertz CT molecular complexity index is 331. The normalized spacial score (nSPS) is 12.8. The molecule has 1 unspecified atom stereocenters. The van der Waals surface area contributed by atoms with Crippen LogP contribution in [-0.2, 0) is 11.2 Å². The molecular formula is C12H19FN2O. The zero-order chi connectivity index (χ0) is 12.0. The maximum Gasteiger partial charge on any atom is 0.123 e. The van der Waals surface area contributed by atoms with Crippen molar-refractivity contribution in [1.82, 2.24) is 5.43 Å². The molecule has 0 spiro atoms. The summed E-state index contributed by atoms with van der Waals surface area (Å²) in [6.07, 6.45) is 1.62. The van der Waals surface area contributed by atoms with Crippen molar-refractivity contribution in [2.75, 3.05) is 13.7 Å². The maximum absolute atomic E-state index is 12.9. The van der Waals surface area contributed by atoms with E-state index < -0.39 is 0 Å². The van der Waals surface area contributed by atoms with E-state index in [9.17, 15) is 4.39 Å². The van der Waals surface area contributed by atoms with E-state index in [1.807, 2.05) is 13.0 Å². The lowest BCUT2D eigenvalue weighted by Crippen LogP contribution is -2.37. The number of hydrogen-bond acceptors (Lipinski definition) is 3. The molecule has 4 heteroatoms. The number of hydrogen-bond donors (Lipinski definition) is 2. The first-order chi connectivity index (χ1) is 7.67. The summed E-state index contributed by atoms with van der Waals surface area (Å²) in [6, 6.07) is 4.98. The fraction of sp³-hybridized carbons (Fsp3) is 0.500. The Morgan fingerprint density at radius 1 is 1.50 bits per heavy atom.